The summed E-state index contributed by atoms with van der Waals surface area (Å²) in [6.45, 7) is 2.11. The molecule has 1 heterocycles. The number of aryl methyl sites for hydroxylation is 1. The SMILES string of the molecule is Cc1nnc(COc2cc(F)ccc2Br)n1C. The average Bonchev–Trinajstić information content (AvgIpc) is 2.62. The lowest BCUT2D eigenvalue weighted by atomic mass is 10.3. The van der Waals surface area contributed by atoms with Gasteiger partial charge in [0.05, 0.1) is 4.47 Å². The van der Waals surface area contributed by atoms with Crippen LogP contribution < -0.4 is 4.74 Å². The minimum Gasteiger partial charge on any atom is -0.484 e. The summed E-state index contributed by atoms with van der Waals surface area (Å²) in [6.07, 6.45) is 0. The van der Waals surface area contributed by atoms with Gasteiger partial charge in [-0.05, 0) is 35.0 Å². The van der Waals surface area contributed by atoms with E-state index in [9.17, 15) is 4.39 Å². The van der Waals surface area contributed by atoms with Crippen molar-refractivity contribution >= 4 is 15.9 Å². The molecule has 0 atom stereocenters. The molecule has 6 heteroatoms. The Kier molecular flexibility index (Phi) is 3.42. The summed E-state index contributed by atoms with van der Waals surface area (Å²) in [5.74, 6) is 1.61. The number of halogens is 2. The number of rotatable bonds is 3. The van der Waals surface area contributed by atoms with Gasteiger partial charge in [0.25, 0.3) is 0 Å². The van der Waals surface area contributed by atoms with Gasteiger partial charge < -0.3 is 9.30 Å². The first-order valence-corrected chi connectivity index (χ1v) is 5.80. The molecule has 1 aromatic heterocycles. The zero-order valence-corrected chi connectivity index (χ0v) is 11.0. The standard InChI is InChI=1S/C11H11BrFN3O/c1-7-14-15-11(16(7)2)6-17-10-5-8(13)3-4-9(10)12/h3-5H,6H2,1-2H3. The van der Waals surface area contributed by atoms with Gasteiger partial charge in [-0.1, -0.05) is 0 Å². The predicted molar refractivity (Wildman–Crippen MR) is 64.2 cm³/mol. The molecule has 0 radical (unpaired) electrons. The summed E-state index contributed by atoms with van der Waals surface area (Å²) in [6, 6.07) is 4.29. The highest BCUT2D eigenvalue weighted by Gasteiger charge is 2.08. The van der Waals surface area contributed by atoms with Gasteiger partial charge in [-0.15, -0.1) is 10.2 Å². The third-order valence-electron chi connectivity index (χ3n) is 2.43. The van der Waals surface area contributed by atoms with Crippen molar-refractivity contribution in [1.82, 2.24) is 14.8 Å². The van der Waals surface area contributed by atoms with Gasteiger partial charge in [-0.2, -0.15) is 0 Å². The molecule has 0 amide bonds. The number of ether oxygens (including phenoxy) is 1. The third kappa shape index (κ3) is 2.63. The topological polar surface area (TPSA) is 39.9 Å². The highest BCUT2D eigenvalue weighted by molar-refractivity contribution is 9.10. The number of nitrogens with zero attached hydrogens (tertiary/aromatic N) is 3. The Bertz CT molecular complexity index is 542. The van der Waals surface area contributed by atoms with E-state index in [4.69, 9.17) is 4.74 Å². The maximum atomic E-state index is 13.0. The largest absolute Gasteiger partial charge is 0.484 e. The fraction of sp³-hybridized carbons (Fsp3) is 0.273. The Morgan fingerprint density at radius 2 is 2.18 bits per heavy atom. The van der Waals surface area contributed by atoms with E-state index in [0.29, 0.717) is 16.0 Å². The van der Waals surface area contributed by atoms with Crippen LogP contribution in [-0.2, 0) is 13.7 Å². The van der Waals surface area contributed by atoms with Gasteiger partial charge in [-0.3, -0.25) is 0 Å². The highest BCUT2D eigenvalue weighted by atomic mass is 79.9. The lowest BCUT2D eigenvalue weighted by Crippen LogP contribution is -2.04. The molecule has 0 aliphatic heterocycles. The second kappa shape index (κ2) is 4.83. The molecule has 1 aromatic carbocycles. The van der Waals surface area contributed by atoms with Crippen molar-refractivity contribution < 1.29 is 9.13 Å². The van der Waals surface area contributed by atoms with Crippen LogP contribution in [0.5, 0.6) is 5.75 Å². The molecule has 0 saturated heterocycles. The van der Waals surface area contributed by atoms with Crippen LogP contribution in [0, 0.1) is 12.7 Å². The van der Waals surface area contributed by atoms with Gasteiger partial charge in [0.2, 0.25) is 0 Å². The molecule has 0 aliphatic rings. The first-order valence-electron chi connectivity index (χ1n) is 5.00. The first-order chi connectivity index (χ1) is 8.08. The van der Waals surface area contributed by atoms with Crippen LogP contribution in [0.15, 0.2) is 22.7 Å². The zero-order valence-electron chi connectivity index (χ0n) is 9.44. The minimum absolute atomic E-state index is 0.249. The van der Waals surface area contributed by atoms with Crippen molar-refractivity contribution in [2.24, 2.45) is 7.05 Å². The van der Waals surface area contributed by atoms with Gasteiger partial charge in [0.1, 0.15) is 24.0 Å². The summed E-state index contributed by atoms with van der Waals surface area (Å²) < 4.78 is 21.0. The summed E-state index contributed by atoms with van der Waals surface area (Å²) in [4.78, 5) is 0. The molecule has 0 unspecified atom stereocenters. The third-order valence-corrected chi connectivity index (χ3v) is 3.09. The van der Waals surface area contributed by atoms with Crippen molar-refractivity contribution in [2.75, 3.05) is 0 Å². The van der Waals surface area contributed by atoms with E-state index in [1.54, 1.807) is 6.07 Å². The molecule has 2 aromatic rings. The van der Waals surface area contributed by atoms with Gasteiger partial charge in [-0.25, -0.2) is 4.39 Å². The average molecular weight is 300 g/mol. The molecular weight excluding hydrogens is 289 g/mol. The van der Waals surface area contributed by atoms with E-state index in [2.05, 4.69) is 26.1 Å². The molecule has 17 heavy (non-hydrogen) atoms. The molecule has 0 saturated carbocycles. The highest BCUT2D eigenvalue weighted by Crippen LogP contribution is 2.26. The Balaban J connectivity index is 2.12. The number of aromatic nitrogens is 3. The number of hydrogen-bond donors (Lipinski definition) is 0. The van der Waals surface area contributed by atoms with Crippen molar-refractivity contribution in [3.8, 4) is 5.75 Å². The molecule has 0 N–H and O–H groups in total. The molecule has 0 spiro atoms. The van der Waals surface area contributed by atoms with E-state index in [1.165, 1.54) is 12.1 Å². The molecule has 4 nitrogen and oxygen atoms in total. The fourth-order valence-corrected chi connectivity index (χ4v) is 1.67. The van der Waals surface area contributed by atoms with Crippen LogP contribution in [-0.4, -0.2) is 14.8 Å². The Hall–Kier alpha value is -1.43. The van der Waals surface area contributed by atoms with E-state index >= 15 is 0 Å². The van der Waals surface area contributed by atoms with E-state index in [1.807, 2.05) is 18.5 Å². The monoisotopic (exact) mass is 299 g/mol. The van der Waals surface area contributed by atoms with Crippen LogP contribution in [0.1, 0.15) is 11.6 Å². The lowest BCUT2D eigenvalue weighted by molar-refractivity contribution is 0.287. The number of hydrogen-bond acceptors (Lipinski definition) is 3. The van der Waals surface area contributed by atoms with Gasteiger partial charge in [0, 0.05) is 13.1 Å². The number of benzene rings is 1. The van der Waals surface area contributed by atoms with Crippen molar-refractivity contribution in [1.29, 1.82) is 0 Å². The first kappa shape index (κ1) is 12.0. The molecule has 0 aliphatic carbocycles. The van der Waals surface area contributed by atoms with Crippen LogP contribution >= 0.6 is 15.9 Å². The maximum absolute atomic E-state index is 13.0. The van der Waals surface area contributed by atoms with Gasteiger partial charge in [0.15, 0.2) is 5.82 Å². The summed E-state index contributed by atoms with van der Waals surface area (Å²) >= 11 is 3.29. The van der Waals surface area contributed by atoms with Crippen LogP contribution in [0.3, 0.4) is 0 Å². The quantitative estimate of drug-likeness (QED) is 0.875. The molecular formula is C11H11BrFN3O. The Morgan fingerprint density at radius 3 is 2.82 bits per heavy atom. The lowest BCUT2D eigenvalue weighted by Gasteiger charge is -2.07. The molecule has 90 valence electrons. The molecule has 0 bridgehead atoms. The van der Waals surface area contributed by atoms with Crippen molar-refractivity contribution in [2.45, 2.75) is 13.5 Å². The summed E-state index contributed by atoms with van der Waals surface area (Å²) in [5, 5.41) is 7.88. The van der Waals surface area contributed by atoms with Crippen LogP contribution in [0.25, 0.3) is 0 Å². The fourth-order valence-electron chi connectivity index (χ4n) is 1.31. The smallest absolute Gasteiger partial charge is 0.170 e. The van der Waals surface area contributed by atoms with Crippen molar-refractivity contribution in [3.63, 3.8) is 0 Å². The van der Waals surface area contributed by atoms with Crippen LogP contribution in [0.4, 0.5) is 4.39 Å². The van der Waals surface area contributed by atoms with Crippen molar-refractivity contribution in [3.05, 3.63) is 40.1 Å². The maximum Gasteiger partial charge on any atom is 0.170 e. The predicted octanol–water partition coefficient (Wildman–Crippen LogP) is 2.60. The van der Waals surface area contributed by atoms with Gasteiger partial charge >= 0.3 is 0 Å². The minimum atomic E-state index is -0.336. The second-order valence-corrected chi connectivity index (χ2v) is 4.44. The summed E-state index contributed by atoms with van der Waals surface area (Å²) in [5.41, 5.74) is 0. The second-order valence-electron chi connectivity index (χ2n) is 3.59. The Morgan fingerprint density at radius 1 is 1.41 bits per heavy atom. The van der Waals surface area contributed by atoms with E-state index in [0.717, 1.165) is 5.82 Å². The molecule has 0 fully saturated rings. The molecule has 2 rings (SSSR count). The Labute approximate surface area is 107 Å². The van der Waals surface area contributed by atoms with Crippen LogP contribution in [0.2, 0.25) is 0 Å². The normalized spacial score (nSPS) is 10.6. The van der Waals surface area contributed by atoms with E-state index in [-0.39, 0.29) is 12.4 Å². The zero-order chi connectivity index (χ0) is 12.4. The van der Waals surface area contributed by atoms with E-state index < -0.39 is 0 Å². The summed E-state index contributed by atoms with van der Waals surface area (Å²) in [7, 11) is 1.86.